The summed E-state index contributed by atoms with van der Waals surface area (Å²) in [6.45, 7) is 6.18. The van der Waals surface area contributed by atoms with E-state index in [0.717, 1.165) is 33.5 Å². The topological polar surface area (TPSA) is 58.6 Å². The molecule has 0 aromatic heterocycles. The van der Waals surface area contributed by atoms with E-state index in [1.165, 1.54) is 0 Å². The van der Waals surface area contributed by atoms with E-state index in [-0.39, 0.29) is 17.9 Å². The Morgan fingerprint density at radius 3 is 2.26 bits per heavy atom. The molecule has 5 nitrogen and oxygen atoms in total. The lowest BCUT2D eigenvalue weighted by atomic mass is 10.1. The van der Waals surface area contributed by atoms with Gasteiger partial charge in [-0.1, -0.05) is 47.1 Å². The lowest BCUT2D eigenvalue weighted by Gasteiger charge is -2.29. The van der Waals surface area contributed by atoms with Gasteiger partial charge in [0.1, 0.15) is 11.8 Å². The number of carbonyl (C=O) groups excluding carboxylic acids is 2. The van der Waals surface area contributed by atoms with Crippen LogP contribution in [0.1, 0.15) is 38.3 Å². The van der Waals surface area contributed by atoms with Crippen LogP contribution in [0.5, 0.6) is 5.75 Å². The van der Waals surface area contributed by atoms with E-state index in [1.807, 2.05) is 62.4 Å². The van der Waals surface area contributed by atoms with Gasteiger partial charge >= 0.3 is 0 Å². The molecule has 2 amide bonds. The molecule has 0 bridgehead atoms. The molecule has 2 atom stereocenters. The molecule has 31 heavy (non-hydrogen) atoms. The summed E-state index contributed by atoms with van der Waals surface area (Å²) < 4.78 is 6.16. The molecule has 168 valence electrons. The van der Waals surface area contributed by atoms with Gasteiger partial charge in [-0.2, -0.15) is 0 Å². The van der Waals surface area contributed by atoms with Crippen LogP contribution in [0, 0.1) is 0 Å². The van der Waals surface area contributed by atoms with Gasteiger partial charge in [-0.05, 0) is 55.7 Å². The molecule has 0 radical (unpaired) electrons. The quantitative estimate of drug-likeness (QED) is 0.464. The highest BCUT2D eigenvalue weighted by Gasteiger charge is 2.26. The average Bonchev–Trinajstić information content (AvgIpc) is 2.78. The first kappa shape index (κ1) is 25.3. The number of rotatable bonds is 11. The number of hydrogen-bond acceptors (Lipinski definition) is 4. The third kappa shape index (κ3) is 8.22. The van der Waals surface area contributed by atoms with E-state index in [1.54, 1.807) is 30.7 Å². The van der Waals surface area contributed by atoms with Gasteiger partial charge in [-0.3, -0.25) is 9.59 Å². The van der Waals surface area contributed by atoms with Crippen molar-refractivity contribution in [2.24, 2.45) is 0 Å². The molecule has 0 aliphatic rings. The molecule has 0 aliphatic heterocycles. The van der Waals surface area contributed by atoms with Crippen LogP contribution >= 0.6 is 27.7 Å². The molecule has 2 rings (SSSR count). The van der Waals surface area contributed by atoms with Crippen molar-refractivity contribution in [2.75, 3.05) is 12.9 Å². The molecule has 0 saturated carbocycles. The Morgan fingerprint density at radius 1 is 1.06 bits per heavy atom. The molecule has 2 aromatic carbocycles. The van der Waals surface area contributed by atoms with Crippen LogP contribution in [-0.2, 0) is 21.9 Å². The lowest BCUT2D eigenvalue weighted by Crippen LogP contribution is -2.50. The Labute approximate surface area is 198 Å². The highest BCUT2D eigenvalue weighted by Crippen LogP contribution is 2.19. The summed E-state index contributed by atoms with van der Waals surface area (Å²) in [5, 5.41) is 2.99. The second-order valence-corrected chi connectivity index (χ2v) is 9.38. The van der Waals surface area contributed by atoms with Crippen molar-refractivity contribution < 1.29 is 14.3 Å². The van der Waals surface area contributed by atoms with Crippen LogP contribution < -0.4 is 10.1 Å². The maximum atomic E-state index is 13.1. The monoisotopic (exact) mass is 506 g/mol. The Bertz CT molecular complexity index is 843. The summed E-state index contributed by atoms with van der Waals surface area (Å²) in [6.07, 6.45) is 0.844. The molecule has 0 heterocycles. The number of methoxy groups -OCH3 is 1. The average molecular weight is 507 g/mol. The molecule has 0 saturated heterocycles. The zero-order chi connectivity index (χ0) is 22.8. The summed E-state index contributed by atoms with van der Waals surface area (Å²) in [6, 6.07) is 15.2. The summed E-state index contributed by atoms with van der Waals surface area (Å²) >= 11 is 4.98. The fourth-order valence-corrected chi connectivity index (χ4v) is 4.03. The van der Waals surface area contributed by atoms with Gasteiger partial charge in [0.25, 0.3) is 0 Å². The van der Waals surface area contributed by atoms with Crippen LogP contribution in [0.4, 0.5) is 0 Å². The normalized spacial score (nSPS) is 12.7. The number of nitrogens with one attached hydrogen (secondary N) is 1. The second kappa shape index (κ2) is 12.8. The predicted octanol–water partition coefficient (Wildman–Crippen LogP) is 5.02. The summed E-state index contributed by atoms with van der Waals surface area (Å²) in [5.41, 5.74) is 2.11. The van der Waals surface area contributed by atoms with Crippen LogP contribution in [0.3, 0.4) is 0 Å². The number of ether oxygens (including phenoxy) is 1. The van der Waals surface area contributed by atoms with Crippen LogP contribution in [0.2, 0.25) is 0 Å². The van der Waals surface area contributed by atoms with Gasteiger partial charge in [0.2, 0.25) is 11.8 Å². The van der Waals surface area contributed by atoms with Crippen LogP contribution in [0.25, 0.3) is 0 Å². The second-order valence-electron chi connectivity index (χ2n) is 7.48. The zero-order valence-electron chi connectivity index (χ0n) is 18.6. The number of nitrogens with zero attached hydrogens (tertiary/aromatic N) is 1. The Morgan fingerprint density at radius 2 is 1.68 bits per heavy atom. The van der Waals surface area contributed by atoms with Crippen molar-refractivity contribution >= 4 is 39.5 Å². The largest absolute Gasteiger partial charge is 0.497 e. The number of amides is 2. The van der Waals surface area contributed by atoms with Gasteiger partial charge in [0.05, 0.1) is 12.9 Å². The highest BCUT2D eigenvalue weighted by molar-refractivity contribution is 9.10. The summed E-state index contributed by atoms with van der Waals surface area (Å²) in [7, 11) is 1.64. The fraction of sp³-hybridized carbons (Fsp3) is 0.417. The van der Waals surface area contributed by atoms with E-state index in [9.17, 15) is 9.59 Å². The van der Waals surface area contributed by atoms with E-state index in [4.69, 9.17) is 4.74 Å². The maximum absolute atomic E-state index is 13.1. The van der Waals surface area contributed by atoms with Crippen molar-refractivity contribution in [3.63, 3.8) is 0 Å². The van der Waals surface area contributed by atoms with Crippen molar-refractivity contribution in [2.45, 2.75) is 51.6 Å². The van der Waals surface area contributed by atoms with Gasteiger partial charge in [-0.15, -0.1) is 11.8 Å². The third-order valence-electron chi connectivity index (χ3n) is 5.09. The van der Waals surface area contributed by atoms with Crippen molar-refractivity contribution in [3.05, 3.63) is 64.1 Å². The smallest absolute Gasteiger partial charge is 0.242 e. The molecular formula is C24H31BrN2O3S. The Balaban J connectivity index is 2.04. The Kier molecular flexibility index (Phi) is 10.4. The summed E-state index contributed by atoms with van der Waals surface area (Å²) in [5.74, 6) is 1.67. The fourth-order valence-electron chi connectivity index (χ4n) is 2.90. The van der Waals surface area contributed by atoms with Crippen LogP contribution in [0.15, 0.2) is 53.0 Å². The molecular weight excluding hydrogens is 476 g/mol. The number of benzene rings is 2. The molecule has 0 unspecified atom stereocenters. The van der Waals surface area contributed by atoms with E-state index in [2.05, 4.69) is 21.2 Å². The lowest BCUT2D eigenvalue weighted by molar-refractivity contribution is -0.138. The first-order valence-electron chi connectivity index (χ1n) is 10.4. The number of thioether (sulfide) groups is 1. The minimum atomic E-state index is -0.549. The van der Waals surface area contributed by atoms with Crippen molar-refractivity contribution in [3.8, 4) is 5.75 Å². The van der Waals surface area contributed by atoms with Gasteiger partial charge in [0, 0.05) is 22.8 Å². The van der Waals surface area contributed by atoms with Gasteiger partial charge in [-0.25, -0.2) is 0 Å². The number of hydrogen-bond donors (Lipinski definition) is 1. The number of halogens is 1. The number of carbonyl (C=O) groups is 2. The van der Waals surface area contributed by atoms with E-state index >= 15 is 0 Å². The zero-order valence-corrected chi connectivity index (χ0v) is 21.0. The standard InChI is InChI=1S/C24H31BrN2O3S/c1-5-17(2)26-24(29)18(3)27(14-19-6-10-21(25)11-7-19)23(28)16-31-15-20-8-12-22(30-4)13-9-20/h6-13,17-18H,5,14-16H2,1-4H3,(H,26,29)/t17-,18+/m1/s1. The predicted molar refractivity (Wildman–Crippen MR) is 131 cm³/mol. The van der Waals surface area contributed by atoms with E-state index in [0.29, 0.717) is 12.3 Å². The van der Waals surface area contributed by atoms with Crippen LogP contribution in [-0.4, -0.2) is 41.7 Å². The molecule has 0 aliphatic carbocycles. The molecule has 0 fully saturated rings. The molecule has 0 spiro atoms. The van der Waals surface area contributed by atoms with Gasteiger partial charge in [0.15, 0.2) is 0 Å². The first-order valence-corrected chi connectivity index (χ1v) is 12.3. The summed E-state index contributed by atoms with van der Waals surface area (Å²) in [4.78, 5) is 27.5. The van der Waals surface area contributed by atoms with Crippen molar-refractivity contribution in [1.82, 2.24) is 10.2 Å². The minimum Gasteiger partial charge on any atom is -0.497 e. The van der Waals surface area contributed by atoms with E-state index < -0.39 is 6.04 Å². The third-order valence-corrected chi connectivity index (χ3v) is 6.61. The molecule has 2 aromatic rings. The van der Waals surface area contributed by atoms with Gasteiger partial charge < -0.3 is 15.0 Å². The highest BCUT2D eigenvalue weighted by atomic mass is 79.9. The molecule has 1 N–H and O–H groups in total. The minimum absolute atomic E-state index is 0.0479. The maximum Gasteiger partial charge on any atom is 0.242 e. The molecule has 7 heteroatoms. The SMILES string of the molecule is CC[C@@H](C)NC(=O)[C@H](C)N(Cc1ccc(Br)cc1)C(=O)CSCc1ccc(OC)cc1. The Hall–Kier alpha value is -1.99. The van der Waals surface area contributed by atoms with Crippen molar-refractivity contribution in [1.29, 1.82) is 0 Å². The first-order chi connectivity index (χ1) is 14.8.